The zero-order valence-corrected chi connectivity index (χ0v) is 13.0. The molecule has 8 heteroatoms. The summed E-state index contributed by atoms with van der Waals surface area (Å²) in [5, 5.41) is 29.7. The predicted octanol–water partition coefficient (Wildman–Crippen LogP) is -5.15. The molecule has 0 saturated carbocycles. The van der Waals surface area contributed by atoms with E-state index in [4.69, 9.17) is 5.11 Å². The Morgan fingerprint density at radius 1 is 1.21 bits per heavy atom. The summed E-state index contributed by atoms with van der Waals surface area (Å²) in [7, 11) is 0. The Kier molecular flexibility index (Phi) is 13.1. The number of aliphatic imine (C=N–C) groups is 1. The van der Waals surface area contributed by atoms with E-state index in [0.717, 1.165) is 6.08 Å². The van der Waals surface area contributed by atoms with Gasteiger partial charge in [-0.2, -0.15) is 0 Å². The van der Waals surface area contributed by atoms with Crippen LogP contribution in [0.5, 0.6) is 0 Å². The normalized spacial score (nSPS) is 10.9. The standard InChI is InChI=1S/C11H18N2O5.Na/c1-2-9(14)12-5-8-13(6-3-10(15)16)7-4-11(17)18;/h2H,1,3-8H2,(H,12,14)(H,15,16)(H,17,18);/q;+1/p-2. The Morgan fingerprint density at radius 2 is 1.79 bits per heavy atom. The van der Waals surface area contributed by atoms with Crippen molar-refractivity contribution in [1.29, 1.82) is 0 Å². The van der Waals surface area contributed by atoms with E-state index in [1.807, 2.05) is 0 Å². The third-order valence-electron chi connectivity index (χ3n) is 2.13. The van der Waals surface area contributed by atoms with Gasteiger partial charge in [-0.15, -0.1) is 0 Å². The summed E-state index contributed by atoms with van der Waals surface area (Å²) in [6, 6.07) is 0. The van der Waals surface area contributed by atoms with E-state index in [2.05, 4.69) is 11.6 Å². The van der Waals surface area contributed by atoms with E-state index in [1.165, 1.54) is 0 Å². The second kappa shape index (κ2) is 12.2. The Morgan fingerprint density at radius 3 is 2.26 bits per heavy atom. The van der Waals surface area contributed by atoms with Crippen molar-refractivity contribution >= 4 is 17.8 Å². The van der Waals surface area contributed by atoms with Crippen molar-refractivity contribution in [1.82, 2.24) is 4.90 Å². The molecule has 0 spiro atoms. The molecule has 1 N–H and O–H groups in total. The van der Waals surface area contributed by atoms with E-state index in [0.29, 0.717) is 6.54 Å². The molecule has 19 heavy (non-hydrogen) atoms. The van der Waals surface area contributed by atoms with Gasteiger partial charge in [-0.25, -0.2) is 0 Å². The van der Waals surface area contributed by atoms with Crippen molar-refractivity contribution in [3.05, 3.63) is 12.7 Å². The molecule has 0 saturated heterocycles. The monoisotopic (exact) mass is 279 g/mol. The SMILES string of the molecule is C=CC([O-])=NCCN(CCC(=O)[O-])CCC(=O)O.[Na+]. The van der Waals surface area contributed by atoms with Crippen LogP contribution in [0, 0.1) is 0 Å². The van der Waals surface area contributed by atoms with Gasteiger partial charge in [0.25, 0.3) is 0 Å². The maximum atomic E-state index is 10.8. The van der Waals surface area contributed by atoms with E-state index in [9.17, 15) is 19.8 Å². The van der Waals surface area contributed by atoms with Crippen molar-refractivity contribution in [3.63, 3.8) is 0 Å². The zero-order chi connectivity index (χ0) is 14.0. The van der Waals surface area contributed by atoms with Crippen molar-refractivity contribution < 1.29 is 54.5 Å². The van der Waals surface area contributed by atoms with Crippen LogP contribution in [0.3, 0.4) is 0 Å². The van der Waals surface area contributed by atoms with Crippen LogP contribution in [-0.2, 0) is 9.59 Å². The summed E-state index contributed by atoms with van der Waals surface area (Å²) in [6.45, 7) is 4.14. The molecular formula is C11H16N2NaO5-. The van der Waals surface area contributed by atoms with Crippen LogP contribution in [0.1, 0.15) is 12.8 Å². The van der Waals surface area contributed by atoms with E-state index in [1.54, 1.807) is 4.90 Å². The summed E-state index contributed by atoms with van der Waals surface area (Å²) < 4.78 is 0. The molecule has 0 aliphatic rings. The molecule has 0 aliphatic heterocycles. The van der Waals surface area contributed by atoms with Crippen LogP contribution >= 0.6 is 0 Å². The number of nitrogens with zero attached hydrogens (tertiary/aromatic N) is 2. The van der Waals surface area contributed by atoms with Crippen molar-refractivity contribution in [2.75, 3.05) is 26.2 Å². The van der Waals surface area contributed by atoms with Gasteiger partial charge in [0.1, 0.15) is 0 Å². The Labute approximate surface area is 133 Å². The minimum atomic E-state index is -1.20. The van der Waals surface area contributed by atoms with Crippen molar-refractivity contribution in [3.8, 4) is 0 Å². The molecular weight excluding hydrogens is 263 g/mol. The van der Waals surface area contributed by atoms with Crippen molar-refractivity contribution in [2.45, 2.75) is 12.8 Å². The third kappa shape index (κ3) is 13.3. The van der Waals surface area contributed by atoms with Gasteiger partial charge in [0.2, 0.25) is 0 Å². The van der Waals surface area contributed by atoms with Crippen LogP contribution in [0.4, 0.5) is 0 Å². The van der Waals surface area contributed by atoms with Gasteiger partial charge in [-0.05, 0) is 12.3 Å². The summed E-state index contributed by atoms with van der Waals surface area (Å²) in [6.07, 6.45) is 0.792. The van der Waals surface area contributed by atoms with Crippen LogP contribution in [0.2, 0.25) is 0 Å². The molecule has 0 atom stereocenters. The largest absolute Gasteiger partial charge is 1.00 e. The van der Waals surface area contributed by atoms with Crippen LogP contribution < -0.4 is 39.8 Å². The number of carboxylic acid groups (broad SMARTS) is 2. The molecule has 0 rings (SSSR count). The number of carbonyl (C=O) groups is 2. The average Bonchev–Trinajstić information content (AvgIpc) is 2.31. The fraction of sp³-hybridized carbons (Fsp3) is 0.545. The summed E-state index contributed by atoms with van der Waals surface area (Å²) in [4.78, 5) is 26.0. The molecule has 0 aromatic carbocycles. The molecule has 0 fully saturated rings. The fourth-order valence-corrected chi connectivity index (χ4v) is 1.20. The number of rotatable bonds is 10. The second-order valence-corrected chi connectivity index (χ2v) is 3.53. The van der Waals surface area contributed by atoms with Crippen LogP contribution in [-0.4, -0.2) is 54.0 Å². The molecule has 102 valence electrons. The molecule has 7 nitrogen and oxygen atoms in total. The number of aliphatic carboxylic acids is 2. The Balaban J connectivity index is 0. The maximum absolute atomic E-state index is 10.8. The number of hydrogen-bond donors (Lipinski definition) is 1. The smallest absolute Gasteiger partial charge is 0.859 e. The minimum absolute atomic E-state index is 0. The minimum Gasteiger partial charge on any atom is -0.859 e. The summed E-state index contributed by atoms with van der Waals surface area (Å²) in [5.41, 5.74) is 0. The topological polar surface area (TPSA) is 116 Å². The first-order valence-corrected chi connectivity index (χ1v) is 5.43. The average molecular weight is 279 g/mol. The number of carbonyl (C=O) groups excluding carboxylic acids is 1. The van der Waals surface area contributed by atoms with Gasteiger partial charge < -0.3 is 25.0 Å². The first kappa shape index (κ1) is 20.4. The molecule has 0 aliphatic carbocycles. The molecule has 0 amide bonds. The first-order valence-electron chi connectivity index (χ1n) is 5.43. The Hall–Kier alpha value is -0.890. The fourth-order valence-electron chi connectivity index (χ4n) is 1.20. The van der Waals surface area contributed by atoms with Crippen LogP contribution in [0.25, 0.3) is 0 Å². The van der Waals surface area contributed by atoms with Gasteiger partial charge in [0.05, 0.1) is 13.0 Å². The van der Waals surface area contributed by atoms with E-state index >= 15 is 0 Å². The summed E-state index contributed by atoms with van der Waals surface area (Å²) in [5.74, 6) is -2.62. The molecule has 0 unspecified atom stereocenters. The summed E-state index contributed by atoms with van der Waals surface area (Å²) >= 11 is 0. The van der Waals surface area contributed by atoms with Gasteiger partial charge >= 0.3 is 35.5 Å². The predicted molar refractivity (Wildman–Crippen MR) is 60.8 cm³/mol. The maximum Gasteiger partial charge on any atom is 1.00 e. The quantitative estimate of drug-likeness (QED) is 0.243. The van der Waals surface area contributed by atoms with Gasteiger partial charge in [-0.3, -0.25) is 9.79 Å². The molecule has 0 aromatic heterocycles. The number of hydrogen-bond acceptors (Lipinski definition) is 6. The van der Waals surface area contributed by atoms with Gasteiger partial charge in [-0.1, -0.05) is 12.7 Å². The molecule has 0 bridgehead atoms. The van der Waals surface area contributed by atoms with Gasteiger partial charge in [0, 0.05) is 25.6 Å². The number of carboxylic acids is 2. The third-order valence-corrected chi connectivity index (χ3v) is 2.13. The molecule has 0 heterocycles. The van der Waals surface area contributed by atoms with Crippen molar-refractivity contribution in [2.24, 2.45) is 4.99 Å². The first-order chi connectivity index (χ1) is 8.45. The molecule has 0 radical (unpaired) electrons. The van der Waals surface area contributed by atoms with Crippen LogP contribution in [0.15, 0.2) is 17.6 Å². The van der Waals surface area contributed by atoms with Gasteiger partial charge in [0.15, 0.2) is 0 Å². The zero-order valence-electron chi connectivity index (χ0n) is 11.0. The van der Waals surface area contributed by atoms with E-state index in [-0.39, 0.29) is 62.0 Å². The Bertz CT molecular complexity index is 315. The second-order valence-electron chi connectivity index (χ2n) is 3.53. The molecule has 0 aromatic rings. The van der Waals surface area contributed by atoms with E-state index < -0.39 is 17.8 Å².